The van der Waals surface area contributed by atoms with Gasteiger partial charge < -0.3 is 13.3 Å². The lowest BCUT2D eigenvalue weighted by molar-refractivity contribution is 0.123. The Morgan fingerprint density at radius 2 is 1.44 bits per heavy atom. The largest absolute Gasteiger partial charge is 0.500 e. The lowest BCUT2D eigenvalue weighted by Crippen LogP contribution is -2.42. The molecule has 3 aromatic carbocycles. The van der Waals surface area contributed by atoms with Crippen LogP contribution in [0.5, 0.6) is 0 Å². The molecule has 0 bridgehead atoms. The zero-order valence-corrected chi connectivity index (χ0v) is 18.2. The average Bonchev–Trinajstić information content (AvgIpc) is 2.72. The number of thioether (sulfide) groups is 1. The van der Waals surface area contributed by atoms with Crippen LogP contribution in [0, 0.1) is 0 Å². The Kier molecular flexibility index (Phi) is 7.32. The smallest absolute Gasteiger partial charge is 0.377 e. The van der Waals surface area contributed by atoms with Gasteiger partial charge in [0.1, 0.15) is 0 Å². The van der Waals surface area contributed by atoms with Crippen molar-refractivity contribution in [1.82, 2.24) is 0 Å². The summed E-state index contributed by atoms with van der Waals surface area (Å²) in [7, 11) is 2.61. The molecule has 0 atom stereocenters. The van der Waals surface area contributed by atoms with Crippen molar-refractivity contribution >= 4 is 42.1 Å². The van der Waals surface area contributed by atoms with Gasteiger partial charge in [0.2, 0.25) is 0 Å². The van der Waals surface area contributed by atoms with Crippen molar-refractivity contribution in [3.63, 3.8) is 0 Å². The third-order valence-electron chi connectivity index (χ3n) is 5.06. The monoisotopic (exact) mass is 400 g/mol. The summed E-state index contributed by atoms with van der Waals surface area (Å²) < 4.78 is 16.4. The molecule has 27 heavy (non-hydrogen) atoms. The Morgan fingerprint density at radius 1 is 0.778 bits per heavy atom. The molecule has 3 nitrogen and oxygen atoms in total. The highest BCUT2D eigenvalue weighted by Gasteiger charge is 2.36. The Labute approximate surface area is 167 Å². The fourth-order valence-electron chi connectivity index (χ4n) is 3.48. The SMILES string of the molecule is CO[Si](CCCSCCc1cccc2cc3ccccc3cc12)(OC)OC. The lowest BCUT2D eigenvalue weighted by atomic mass is 9.99. The van der Waals surface area contributed by atoms with Crippen molar-refractivity contribution in [2.24, 2.45) is 0 Å². The molecule has 0 N–H and O–H groups in total. The van der Waals surface area contributed by atoms with E-state index in [1.165, 1.54) is 27.1 Å². The van der Waals surface area contributed by atoms with E-state index in [0.29, 0.717) is 0 Å². The van der Waals surface area contributed by atoms with E-state index in [1.807, 2.05) is 11.8 Å². The van der Waals surface area contributed by atoms with Crippen LogP contribution in [-0.4, -0.2) is 41.6 Å². The Balaban J connectivity index is 1.57. The first kappa shape index (κ1) is 20.4. The van der Waals surface area contributed by atoms with Crippen molar-refractivity contribution in [3.8, 4) is 0 Å². The summed E-state index contributed by atoms with van der Waals surface area (Å²) in [4.78, 5) is 0. The number of benzene rings is 3. The minimum atomic E-state index is -2.42. The molecule has 3 aromatic rings. The van der Waals surface area contributed by atoms with E-state index < -0.39 is 8.80 Å². The van der Waals surface area contributed by atoms with Gasteiger partial charge in [0.05, 0.1) is 0 Å². The number of fused-ring (bicyclic) bond motifs is 2. The van der Waals surface area contributed by atoms with Crippen molar-refractivity contribution in [2.75, 3.05) is 32.8 Å². The highest BCUT2D eigenvalue weighted by molar-refractivity contribution is 7.99. The molecule has 0 saturated carbocycles. The summed E-state index contributed by atoms with van der Waals surface area (Å²) in [6.45, 7) is 0. The molecule has 0 heterocycles. The highest BCUT2D eigenvalue weighted by Crippen LogP contribution is 2.26. The first-order valence-electron chi connectivity index (χ1n) is 9.35. The Bertz CT molecular complexity index is 871. The molecular formula is C22H28O3SSi. The summed E-state index contributed by atoms with van der Waals surface area (Å²) in [6.07, 6.45) is 2.13. The van der Waals surface area contributed by atoms with Crippen molar-refractivity contribution in [1.29, 1.82) is 0 Å². The van der Waals surface area contributed by atoms with Gasteiger partial charge in [-0.3, -0.25) is 0 Å². The van der Waals surface area contributed by atoms with Gasteiger partial charge in [-0.15, -0.1) is 0 Å². The maximum atomic E-state index is 5.48. The van der Waals surface area contributed by atoms with Crippen molar-refractivity contribution < 1.29 is 13.3 Å². The minimum absolute atomic E-state index is 0.865. The molecule has 0 unspecified atom stereocenters. The normalized spacial score (nSPS) is 12.1. The molecule has 0 aliphatic carbocycles. The molecule has 0 aliphatic heterocycles. The number of hydrogen-bond acceptors (Lipinski definition) is 4. The predicted molar refractivity (Wildman–Crippen MR) is 119 cm³/mol. The molecular weight excluding hydrogens is 372 g/mol. The van der Waals surface area contributed by atoms with Gasteiger partial charge in [0.15, 0.2) is 0 Å². The van der Waals surface area contributed by atoms with E-state index in [4.69, 9.17) is 13.3 Å². The van der Waals surface area contributed by atoms with Crippen LogP contribution in [0.3, 0.4) is 0 Å². The zero-order chi connectivity index (χ0) is 19.1. The van der Waals surface area contributed by atoms with E-state index in [1.54, 1.807) is 21.3 Å². The highest BCUT2D eigenvalue weighted by atomic mass is 32.2. The van der Waals surface area contributed by atoms with Crippen molar-refractivity contribution in [3.05, 3.63) is 60.2 Å². The third kappa shape index (κ3) is 4.92. The molecule has 0 fully saturated rings. The molecule has 0 saturated heterocycles. The van der Waals surface area contributed by atoms with Gasteiger partial charge in [-0.2, -0.15) is 11.8 Å². The maximum absolute atomic E-state index is 5.48. The van der Waals surface area contributed by atoms with Crippen LogP contribution in [0.4, 0.5) is 0 Å². The summed E-state index contributed by atoms with van der Waals surface area (Å²) >= 11 is 1.99. The van der Waals surface area contributed by atoms with E-state index in [9.17, 15) is 0 Å². The molecule has 0 spiro atoms. The van der Waals surface area contributed by atoms with Crippen LogP contribution in [0.15, 0.2) is 54.6 Å². The fourth-order valence-corrected chi connectivity index (χ4v) is 6.38. The van der Waals surface area contributed by atoms with E-state index in [0.717, 1.165) is 30.4 Å². The summed E-state index contributed by atoms with van der Waals surface area (Å²) in [5.41, 5.74) is 1.43. The summed E-state index contributed by atoms with van der Waals surface area (Å²) in [5.74, 6) is 2.21. The van der Waals surface area contributed by atoms with Crippen LogP contribution in [0.25, 0.3) is 21.5 Å². The minimum Gasteiger partial charge on any atom is -0.377 e. The molecule has 3 rings (SSSR count). The summed E-state index contributed by atoms with van der Waals surface area (Å²) in [6, 6.07) is 20.7. The summed E-state index contributed by atoms with van der Waals surface area (Å²) in [5, 5.41) is 5.32. The van der Waals surface area contributed by atoms with Gasteiger partial charge in [0, 0.05) is 27.4 Å². The van der Waals surface area contributed by atoms with Crippen molar-refractivity contribution in [2.45, 2.75) is 18.9 Å². The van der Waals surface area contributed by atoms with Crippen LogP contribution in [0.1, 0.15) is 12.0 Å². The average molecular weight is 401 g/mol. The predicted octanol–water partition coefficient (Wildman–Crippen LogP) is 5.54. The molecule has 5 heteroatoms. The quantitative estimate of drug-likeness (QED) is 0.254. The van der Waals surface area contributed by atoms with Gasteiger partial charge in [-0.1, -0.05) is 42.5 Å². The molecule has 0 radical (unpaired) electrons. The molecule has 144 valence electrons. The Hall–Kier alpha value is -1.37. The van der Waals surface area contributed by atoms with Gasteiger partial charge in [-0.05, 0) is 63.6 Å². The van der Waals surface area contributed by atoms with E-state index in [2.05, 4.69) is 54.6 Å². The topological polar surface area (TPSA) is 27.7 Å². The maximum Gasteiger partial charge on any atom is 0.500 e. The van der Waals surface area contributed by atoms with Crippen LogP contribution < -0.4 is 0 Å². The van der Waals surface area contributed by atoms with Gasteiger partial charge in [0.25, 0.3) is 0 Å². The van der Waals surface area contributed by atoms with E-state index in [-0.39, 0.29) is 0 Å². The Morgan fingerprint density at radius 3 is 2.15 bits per heavy atom. The number of rotatable bonds is 10. The molecule has 0 aromatic heterocycles. The van der Waals surface area contributed by atoms with Crippen LogP contribution >= 0.6 is 11.8 Å². The molecule has 0 amide bonds. The van der Waals surface area contributed by atoms with Crippen LogP contribution in [-0.2, 0) is 19.7 Å². The first-order chi connectivity index (χ1) is 13.2. The second-order valence-electron chi connectivity index (χ2n) is 6.60. The first-order valence-corrected chi connectivity index (χ1v) is 12.4. The second-order valence-corrected chi connectivity index (χ2v) is 10.9. The number of aryl methyl sites for hydroxylation is 1. The van der Waals surface area contributed by atoms with E-state index >= 15 is 0 Å². The standard InChI is InChI=1S/C22H28O3SSi/c1-23-27(24-2,25-3)15-7-13-26-14-12-18-10-6-11-21-16-19-8-4-5-9-20(19)17-22(18)21/h4-6,8-11,16-17H,7,12-15H2,1-3H3. The number of hydrogen-bond donors (Lipinski definition) is 0. The van der Waals surface area contributed by atoms with Crippen LogP contribution in [0.2, 0.25) is 6.04 Å². The third-order valence-corrected chi connectivity index (χ3v) is 8.96. The zero-order valence-electron chi connectivity index (χ0n) is 16.4. The lowest BCUT2D eigenvalue weighted by Gasteiger charge is -2.24. The van der Waals surface area contributed by atoms with Gasteiger partial charge >= 0.3 is 8.80 Å². The fraction of sp³-hybridized carbons (Fsp3) is 0.364. The van der Waals surface area contributed by atoms with Gasteiger partial charge in [-0.25, -0.2) is 0 Å². The molecule has 0 aliphatic rings. The second kappa shape index (κ2) is 9.71.